The van der Waals surface area contributed by atoms with Gasteiger partial charge in [0.2, 0.25) is 5.91 Å². The van der Waals surface area contributed by atoms with Crippen LogP contribution in [-0.2, 0) is 4.79 Å². The Labute approximate surface area is 129 Å². The first-order valence-corrected chi connectivity index (χ1v) is 6.63. The summed E-state index contributed by atoms with van der Waals surface area (Å²) in [6, 6.07) is 4.86. The zero-order valence-electron chi connectivity index (χ0n) is 11.5. The maximum Gasteiger partial charge on any atom is 0.247 e. The van der Waals surface area contributed by atoms with E-state index in [9.17, 15) is 4.79 Å². The van der Waals surface area contributed by atoms with E-state index in [0.29, 0.717) is 16.5 Å². The van der Waals surface area contributed by atoms with E-state index in [0.717, 1.165) is 0 Å². The van der Waals surface area contributed by atoms with Crippen molar-refractivity contribution in [3.05, 3.63) is 23.2 Å². The molecular weight excluding hydrogens is 299 g/mol. The van der Waals surface area contributed by atoms with Crippen molar-refractivity contribution >= 4 is 35.0 Å². The number of nitrogens with one attached hydrogen (secondary N) is 1. The summed E-state index contributed by atoms with van der Waals surface area (Å²) < 4.78 is 5.31. The highest BCUT2D eigenvalue weighted by Crippen LogP contribution is 2.31. The van der Waals surface area contributed by atoms with Crippen molar-refractivity contribution in [2.75, 3.05) is 11.6 Å². The van der Waals surface area contributed by atoms with Gasteiger partial charge in [0.1, 0.15) is 12.4 Å². The number of hydrazine groups is 1. The van der Waals surface area contributed by atoms with Crippen molar-refractivity contribution in [3.63, 3.8) is 0 Å². The number of hydrogen-bond donors (Lipinski definition) is 1. The first-order valence-electron chi connectivity index (χ1n) is 5.88. The van der Waals surface area contributed by atoms with E-state index in [2.05, 4.69) is 10.9 Å². The van der Waals surface area contributed by atoms with Gasteiger partial charge in [-0.3, -0.25) is 4.79 Å². The number of carbonyl (C=O) groups is 1. The number of anilines is 1. The molecule has 0 saturated carbocycles. The number of hydrogen-bond acceptors (Lipinski definition) is 3. The van der Waals surface area contributed by atoms with Gasteiger partial charge >= 0.3 is 0 Å². The summed E-state index contributed by atoms with van der Waals surface area (Å²) >= 11 is 11.6. The Balaban J connectivity index is 3.11. The molecule has 0 aromatic heterocycles. The van der Waals surface area contributed by atoms with Crippen LogP contribution in [0, 0.1) is 17.8 Å². The van der Waals surface area contributed by atoms with Crippen LogP contribution in [0.1, 0.15) is 20.8 Å². The minimum Gasteiger partial charge on any atom is -0.479 e. The van der Waals surface area contributed by atoms with Gasteiger partial charge in [0.15, 0.2) is 0 Å². The van der Waals surface area contributed by atoms with E-state index >= 15 is 0 Å². The lowest BCUT2D eigenvalue weighted by atomic mass is 9.95. The fourth-order valence-corrected chi connectivity index (χ4v) is 1.75. The van der Waals surface area contributed by atoms with Crippen LogP contribution in [0.15, 0.2) is 18.2 Å². The molecule has 0 unspecified atom stereocenters. The maximum atomic E-state index is 12.3. The Hall–Kier alpha value is -1.41. The fraction of sp³-hybridized carbons (Fsp3) is 0.357. The molecule has 20 heavy (non-hydrogen) atoms. The van der Waals surface area contributed by atoms with Crippen LogP contribution in [-0.4, -0.2) is 12.5 Å². The lowest BCUT2D eigenvalue weighted by Gasteiger charge is -2.27. The molecule has 0 bridgehead atoms. The molecule has 1 aromatic rings. The molecule has 0 atom stereocenters. The van der Waals surface area contributed by atoms with Gasteiger partial charge in [-0.15, -0.1) is 11.4 Å². The summed E-state index contributed by atoms with van der Waals surface area (Å²) in [4.78, 5) is 14.6. The van der Waals surface area contributed by atoms with Gasteiger partial charge in [-0.2, -0.15) is 0 Å². The summed E-state index contributed by atoms with van der Waals surface area (Å²) in [6.07, 6.45) is 5.14. The first kappa shape index (κ1) is 16.6. The SMILES string of the molecule is C#CCOc1cc(N(NCl)C(=O)C(C)(C)C)ccc1Cl. The van der Waals surface area contributed by atoms with Gasteiger partial charge in [-0.1, -0.05) is 38.3 Å². The fourth-order valence-electron chi connectivity index (χ4n) is 1.40. The largest absolute Gasteiger partial charge is 0.479 e. The van der Waals surface area contributed by atoms with Crippen molar-refractivity contribution < 1.29 is 9.53 Å². The number of carbonyl (C=O) groups excluding carboxylic acids is 1. The Morgan fingerprint density at radius 1 is 1.50 bits per heavy atom. The second-order valence-corrected chi connectivity index (χ2v) is 5.66. The predicted molar refractivity (Wildman–Crippen MR) is 81.7 cm³/mol. The van der Waals surface area contributed by atoms with Crippen molar-refractivity contribution in [1.29, 1.82) is 0 Å². The molecule has 4 nitrogen and oxygen atoms in total. The van der Waals surface area contributed by atoms with E-state index in [-0.39, 0.29) is 12.5 Å². The van der Waals surface area contributed by atoms with Crippen LogP contribution in [0.2, 0.25) is 5.02 Å². The number of terminal acetylenes is 1. The third-order valence-electron chi connectivity index (χ3n) is 2.41. The zero-order chi connectivity index (χ0) is 15.3. The molecule has 0 fully saturated rings. The highest BCUT2D eigenvalue weighted by atomic mass is 35.5. The van der Waals surface area contributed by atoms with Gasteiger partial charge in [0.05, 0.1) is 10.7 Å². The lowest BCUT2D eigenvalue weighted by molar-refractivity contribution is -0.126. The molecule has 0 heterocycles. The van der Waals surface area contributed by atoms with E-state index < -0.39 is 5.41 Å². The molecule has 6 heteroatoms. The summed E-state index contributed by atoms with van der Waals surface area (Å²) in [5, 5.41) is 1.63. The van der Waals surface area contributed by atoms with E-state index in [1.165, 1.54) is 5.01 Å². The molecule has 0 radical (unpaired) electrons. The Bertz CT molecular complexity index is 533. The van der Waals surface area contributed by atoms with Crippen LogP contribution in [0.4, 0.5) is 5.69 Å². The highest BCUT2D eigenvalue weighted by Gasteiger charge is 2.28. The lowest BCUT2D eigenvalue weighted by Crippen LogP contribution is -2.44. The normalized spacial score (nSPS) is 10.8. The molecule has 1 aromatic carbocycles. The maximum absolute atomic E-state index is 12.3. The van der Waals surface area contributed by atoms with Gasteiger partial charge in [-0.25, -0.2) is 5.01 Å². The van der Waals surface area contributed by atoms with Crippen molar-refractivity contribution in [3.8, 4) is 18.1 Å². The number of benzene rings is 1. The smallest absolute Gasteiger partial charge is 0.247 e. The van der Waals surface area contributed by atoms with Crippen LogP contribution in [0.5, 0.6) is 5.75 Å². The average Bonchev–Trinajstić information content (AvgIpc) is 2.38. The molecule has 1 N–H and O–H groups in total. The van der Waals surface area contributed by atoms with Crippen LogP contribution < -0.4 is 14.7 Å². The topological polar surface area (TPSA) is 41.6 Å². The van der Waals surface area contributed by atoms with Gasteiger partial charge < -0.3 is 4.74 Å². The van der Waals surface area contributed by atoms with Gasteiger partial charge in [0, 0.05) is 11.5 Å². The summed E-state index contributed by atoms with van der Waals surface area (Å²) in [7, 11) is 0. The minimum atomic E-state index is -0.596. The third-order valence-corrected chi connectivity index (χ3v) is 2.89. The van der Waals surface area contributed by atoms with Crippen LogP contribution in [0.25, 0.3) is 0 Å². The molecule has 108 valence electrons. The number of ether oxygens (including phenoxy) is 1. The number of amides is 1. The van der Waals surface area contributed by atoms with Crippen LogP contribution in [0.3, 0.4) is 0 Å². The summed E-state index contributed by atoms with van der Waals surface area (Å²) in [6.45, 7) is 5.47. The summed E-state index contributed by atoms with van der Waals surface area (Å²) in [5.74, 6) is 2.54. The summed E-state index contributed by atoms with van der Waals surface area (Å²) in [5.41, 5.74) is -0.0854. The Kier molecular flexibility index (Phi) is 5.70. The van der Waals surface area contributed by atoms with E-state index in [4.69, 9.17) is 34.5 Å². The quantitative estimate of drug-likeness (QED) is 0.526. The molecular formula is C14H16Cl2N2O2. The molecule has 0 aliphatic rings. The number of nitrogens with zero attached hydrogens (tertiary/aromatic N) is 1. The van der Waals surface area contributed by atoms with E-state index in [1.54, 1.807) is 39.0 Å². The second kappa shape index (κ2) is 6.85. The third kappa shape index (κ3) is 4.04. The van der Waals surface area contributed by atoms with Gasteiger partial charge in [0.25, 0.3) is 0 Å². The molecule has 0 saturated heterocycles. The molecule has 0 aliphatic heterocycles. The first-order chi connectivity index (χ1) is 9.31. The standard InChI is InChI=1S/C14H16Cl2N2O2/c1-5-8-20-12-9-10(6-7-11(12)15)18(17-16)13(19)14(2,3)4/h1,6-7,9,17H,8H2,2-4H3. The number of rotatable bonds is 4. The molecule has 1 rings (SSSR count). The predicted octanol–water partition coefficient (Wildman–Crippen LogP) is 3.39. The molecule has 0 spiro atoms. The molecule has 1 amide bonds. The number of halogens is 2. The zero-order valence-corrected chi connectivity index (χ0v) is 13.0. The van der Waals surface area contributed by atoms with Crippen molar-refractivity contribution in [1.82, 2.24) is 4.94 Å². The van der Waals surface area contributed by atoms with Gasteiger partial charge in [-0.05, 0) is 23.9 Å². The highest BCUT2D eigenvalue weighted by molar-refractivity contribution is 6.32. The second-order valence-electron chi connectivity index (χ2n) is 5.08. The van der Waals surface area contributed by atoms with E-state index in [1.807, 2.05) is 0 Å². The van der Waals surface area contributed by atoms with Crippen molar-refractivity contribution in [2.24, 2.45) is 5.41 Å². The Morgan fingerprint density at radius 2 is 2.15 bits per heavy atom. The van der Waals surface area contributed by atoms with Crippen LogP contribution >= 0.6 is 23.4 Å². The average molecular weight is 315 g/mol. The Morgan fingerprint density at radius 3 is 2.65 bits per heavy atom. The van der Waals surface area contributed by atoms with Crippen molar-refractivity contribution in [2.45, 2.75) is 20.8 Å². The minimum absolute atomic E-state index is 0.0880. The molecule has 0 aliphatic carbocycles. The monoisotopic (exact) mass is 314 g/mol.